The highest BCUT2D eigenvalue weighted by Crippen LogP contribution is 2.04. The van der Waals surface area contributed by atoms with Crippen LogP contribution in [0.15, 0.2) is 0 Å². The van der Waals surface area contributed by atoms with Crippen LogP contribution in [-0.2, 0) is 23.7 Å². The molecule has 0 N–H and O–H groups in total. The van der Waals surface area contributed by atoms with Gasteiger partial charge in [0.15, 0.2) is 7.05 Å². The Kier molecular flexibility index (Phi) is 29.5. The van der Waals surface area contributed by atoms with Crippen molar-refractivity contribution < 1.29 is 28.6 Å². The number of nitro groups is 1. The van der Waals surface area contributed by atoms with Crippen LogP contribution in [0.25, 0.3) is 0 Å². The number of hydrogen-bond acceptors (Lipinski definition) is 7. The molecule has 8 heteroatoms. The van der Waals surface area contributed by atoms with Gasteiger partial charge in [0.05, 0.1) is 0 Å². The van der Waals surface area contributed by atoms with E-state index in [0.717, 1.165) is 73.1 Å². The molecule has 5 aliphatic heterocycles. The molecule has 0 aromatic rings. The van der Waals surface area contributed by atoms with Crippen LogP contribution in [0.2, 0.25) is 0 Å². The van der Waals surface area contributed by atoms with Crippen molar-refractivity contribution in [3.63, 3.8) is 0 Å². The fraction of sp³-hybridized carbons (Fsp3) is 1.00. The van der Waals surface area contributed by atoms with Crippen LogP contribution in [0.3, 0.4) is 0 Å². The summed E-state index contributed by atoms with van der Waals surface area (Å²) in [6, 6.07) is 0. The summed E-state index contributed by atoms with van der Waals surface area (Å²) >= 11 is 0. The lowest BCUT2D eigenvalue weighted by Crippen LogP contribution is -2.03. The first-order valence-corrected chi connectivity index (χ1v) is 13.7. The lowest BCUT2D eigenvalue weighted by atomic mass is 10.2. The third-order valence-corrected chi connectivity index (χ3v) is 5.39. The maximum Gasteiger partial charge on any atom is 0.194 e. The van der Waals surface area contributed by atoms with Gasteiger partial charge in [-0.1, -0.05) is 0 Å². The molecule has 8 nitrogen and oxygen atoms in total. The van der Waals surface area contributed by atoms with E-state index >= 15 is 0 Å². The maximum absolute atomic E-state index is 8.81. The molecule has 0 aliphatic carbocycles. The number of hydrogen-bond donors (Lipinski definition) is 0. The summed E-state index contributed by atoms with van der Waals surface area (Å²) in [6.45, 7) is 10.0. The topological polar surface area (TPSA) is 89.3 Å². The molecular weight excluding hydrogens is 438 g/mol. The fourth-order valence-electron chi connectivity index (χ4n) is 3.44. The second-order valence-electron chi connectivity index (χ2n) is 8.80. The highest BCUT2D eigenvalue weighted by Gasteiger charge is 1.97. The molecule has 0 aromatic carbocycles. The minimum absolute atomic E-state index is 0.500. The zero-order valence-electron chi connectivity index (χ0n) is 22.0. The summed E-state index contributed by atoms with van der Waals surface area (Å²) in [4.78, 5) is 8.31. The van der Waals surface area contributed by atoms with Crippen molar-refractivity contribution in [1.82, 2.24) is 0 Å². The molecule has 0 aromatic heterocycles. The third-order valence-electron chi connectivity index (χ3n) is 5.39. The van der Waals surface area contributed by atoms with E-state index in [1.54, 1.807) is 0 Å². The first kappa shape index (κ1) is 33.2. The summed E-state index contributed by atoms with van der Waals surface area (Å²) in [5.74, 6) is 0. The highest BCUT2D eigenvalue weighted by molar-refractivity contribution is 4.47. The average molecular weight is 492 g/mol. The summed E-state index contributed by atoms with van der Waals surface area (Å²) in [5.41, 5.74) is 0. The van der Waals surface area contributed by atoms with Crippen molar-refractivity contribution in [2.24, 2.45) is 0 Å². The normalized spacial score (nSPS) is 21.9. The quantitative estimate of drug-likeness (QED) is 0.311. The van der Waals surface area contributed by atoms with Gasteiger partial charge in [0.1, 0.15) is 0 Å². The van der Waals surface area contributed by atoms with Crippen molar-refractivity contribution in [2.75, 3.05) is 73.1 Å². The molecule has 5 heterocycles. The lowest BCUT2D eigenvalue weighted by Gasteiger charge is -2.08. The molecule has 5 aliphatic rings. The van der Waals surface area contributed by atoms with Gasteiger partial charge in [-0.2, -0.15) is 0 Å². The molecule has 0 saturated carbocycles. The van der Waals surface area contributed by atoms with E-state index in [-0.39, 0.29) is 0 Å². The predicted octanol–water partition coefficient (Wildman–Crippen LogP) is 5.83. The van der Waals surface area contributed by atoms with Crippen molar-refractivity contribution >= 4 is 0 Å². The van der Waals surface area contributed by atoms with Crippen LogP contribution in [0.4, 0.5) is 0 Å². The molecule has 5 saturated heterocycles. The number of rotatable bonds is 0. The van der Waals surface area contributed by atoms with Crippen LogP contribution >= 0.6 is 0 Å². The molecule has 5 rings (SSSR count). The Morgan fingerprint density at radius 1 is 0.382 bits per heavy atom. The monoisotopic (exact) mass is 491 g/mol. The van der Waals surface area contributed by atoms with E-state index in [1.165, 1.54) is 96.3 Å². The van der Waals surface area contributed by atoms with Gasteiger partial charge in [-0.25, -0.2) is 0 Å². The minimum Gasteiger partial charge on any atom is -0.381 e. The Morgan fingerprint density at radius 3 is 0.529 bits per heavy atom. The number of ether oxygens (including phenoxy) is 5. The van der Waals surface area contributed by atoms with Gasteiger partial charge >= 0.3 is 0 Å². The van der Waals surface area contributed by atoms with E-state index < -0.39 is 4.92 Å². The standard InChI is InChI=1S/5C5H10O.CH3NO2/c5*1-2-4-6-5-3-1;1-2(3)4/h5*1-5H2;1H3. The van der Waals surface area contributed by atoms with Crippen molar-refractivity contribution in [3.05, 3.63) is 10.1 Å². The second-order valence-corrected chi connectivity index (χ2v) is 8.80. The smallest absolute Gasteiger partial charge is 0.194 e. The Morgan fingerprint density at radius 2 is 0.500 bits per heavy atom. The molecule has 34 heavy (non-hydrogen) atoms. The van der Waals surface area contributed by atoms with Gasteiger partial charge in [-0.05, 0) is 96.3 Å². The fourth-order valence-corrected chi connectivity index (χ4v) is 3.44. The molecular formula is C26H53NO7. The largest absolute Gasteiger partial charge is 0.381 e. The van der Waals surface area contributed by atoms with E-state index in [0.29, 0.717) is 0 Å². The Hall–Kier alpha value is -0.800. The van der Waals surface area contributed by atoms with Crippen LogP contribution in [0.1, 0.15) is 96.3 Å². The molecule has 0 radical (unpaired) electrons. The summed E-state index contributed by atoms with van der Waals surface area (Å²) in [6.07, 6.45) is 19.7. The molecule has 0 atom stereocenters. The Balaban J connectivity index is 0.000000387. The van der Waals surface area contributed by atoms with Gasteiger partial charge in [-0.15, -0.1) is 0 Å². The molecule has 0 bridgehead atoms. The van der Waals surface area contributed by atoms with Crippen LogP contribution in [-0.4, -0.2) is 78.0 Å². The van der Waals surface area contributed by atoms with Gasteiger partial charge in [0.2, 0.25) is 0 Å². The average Bonchev–Trinajstić information content (AvgIpc) is 2.95. The SMILES string of the molecule is C1CCOCC1.C1CCOCC1.C1CCOCC1.C1CCOCC1.C1CCOCC1.C[N+](=O)[O-]. The van der Waals surface area contributed by atoms with Gasteiger partial charge in [0, 0.05) is 71.0 Å². The van der Waals surface area contributed by atoms with E-state index in [1.807, 2.05) is 0 Å². The van der Waals surface area contributed by atoms with E-state index in [9.17, 15) is 0 Å². The highest BCUT2D eigenvalue weighted by atomic mass is 16.6. The molecule has 0 amide bonds. The summed E-state index contributed by atoms with van der Waals surface area (Å²) in [7, 11) is 0.889. The summed E-state index contributed by atoms with van der Waals surface area (Å²) in [5, 5.41) is 8.81. The van der Waals surface area contributed by atoms with Crippen LogP contribution in [0, 0.1) is 10.1 Å². The van der Waals surface area contributed by atoms with Crippen molar-refractivity contribution in [2.45, 2.75) is 96.3 Å². The maximum atomic E-state index is 8.81. The molecule has 5 fully saturated rings. The minimum atomic E-state index is -0.500. The van der Waals surface area contributed by atoms with Gasteiger partial charge < -0.3 is 23.7 Å². The summed E-state index contributed by atoms with van der Waals surface area (Å²) < 4.78 is 25.3. The first-order chi connectivity index (χ1) is 16.7. The molecule has 0 spiro atoms. The second kappa shape index (κ2) is 30.2. The third kappa shape index (κ3) is 33.4. The Bertz CT molecular complexity index is 248. The molecule has 204 valence electrons. The van der Waals surface area contributed by atoms with E-state index in [4.69, 9.17) is 33.8 Å². The van der Waals surface area contributed by atoms with Crippen molar-refractivity contribution in [3.8, 4) is 0 Å². The van der Waals surface area contributed by atoms with Crippen LogP contribution < -0.4 is 0 Å². The Labute approximate surface area is 208 Å². The molecule has 0 unspecified atom stereocenters. The predicted molar refractivity (Wildman–Crippen MR) is 136 cm³/mol. The van der Waals surface area contributed by atoms with Gasteiger partial charge in [0.25, 0.3) is 0 Å². The first-order valence-electron chi connectivity index (χ1n) is 13.7. The van der Waals surface area contributed by atoms with Crippen LogP contribution in [0.5, 0.6) is 0 Å². The number of nitrogens with zero attached hydrogens (tertiary/aromatic N) is 1. The zero-order chi connectivity index (χ0) is 24.8. The zero-order valence-corrected chi connectivity index (χ0v) is 22.0. The lowest BCUT2D eigenvalue weighted by molar-refractivity contribution is -0.445. The van der Waals surface area contributed by atoms with Gasteiger partial charge in [-0.3, -0.25) is 10.1 Å². The van der Waals surface area contributed by atoms with E-state index in [2.05, 4.69) is 0 Å². The van der Waals surface area contributed by atoms with Crippen molar-refractivity contribution in [1.29, 1.82) is 0 Å².